The Kier molecular flexibility index (Phi) is 8.10. The van der Waals surface area contributed by atoms with Gasteiger partial charge < -0.3 is 24.2 Å². The second kappa shape index (κ2) is 10.3. The van der Waals surface area contributed by atoms with Gasteiger partial charge in [0.25, 0.3) is 0 Å². The molecule has 9 nitrogen and oxygen atoms in total. The average molecular weight is 439 g/mol. The Bertz CT molecular complexity index is 815. The number of amides is 1. The number of thioether (sulfide) groups is 1. The molecule has 10 heteroatoms. The molecule has 1 unspecified atom stereocenters. The number of Topliss-reactive ketones (excluding diaryl/α,β-unsaturated/α-hetero) is 1. The minimum atomic E-state index is -1.08. The summed E-state index contributed by atoms with van der Waals surface area (Å²) in [6, 6.07) is 2.01. The quantitative estimate of drug-likeness (QED) is 0.576. The van der Waals surface area contributed by atoms with Crippen molar-refractivity contribution in [3.8, 4) is 17.2 Å². The summed E-state index contributed by atoms with van der Waals surface area (Å²) in [5.74, 6) is -1.17. The number of carbonyl (C=O) groups excluding carboxylic acids is 3. The number of ether oxygens (including phenoxy) is 3. The predicted molar refractivity (Wildman–Crippen MR) is 109 cm³/mol. The normalized spacial score (nSPS) is 16.7. The van der Waals surface area contributed by atoms with E-state index >= 15 is 0 Å². The van der Waals surface area contributed by atoms with Crippen molar-refractivity contribution >= 4 is 34.5 Å². The van der Waals surface area contributed by atoms with Gasteiger partial charge in [0.15, 0.2) is 22.4 Å². The fourth-order valence-electron chi connectivity index (χ4n) is 3.40. The summed E-state index contributed by atoms with van der Waals surface area (Å²) in [7, 11) is 4.26. The Balaban J connectivity index is 2.33. The number of hydrogen-bond donors (Lipinski definition) is 1. The number of nitrogens with zero attached hydrogens (tertiary/aromatic N) is 1. The molecule has 1 aromatic rings. The molecule has 164 valence electrons. The highest BCUT2D eigenvalue weighted by atomic mass is 32.2. The number of ketones is 1. The van der Waals surface area contributed by atoms with Crippen LogP contribution in [0.15, 0.2) is 12.1 Å². The third kappa shape index (κ3) is 5.24. The molecule has 1 aliphatic heterocycles. The third-order valence-corrected chi connectivity index (χ3v) is 5.77. The van der Waals surface area contributed by atoms with Crippen molar-refractivity contribution in [3.05, 3.63) is 17.7 Å². The summed E-state index contributed by atoms with van der Waals surface area (Å²) < 4.78 is 15.8. The lowest BCUT2D eigenvalue weighted by molar-refractivity contribution is -0.148. The first-order valence-electron chi connectivity index (χ1n) is 9.27. The topological polar surface area (TPSA) is 119 Å². The first kappa shape index (κ1) is 23.5. The van der Waals surface area contributed by atoms with Gasteiger partial charge in [0, 0.05) is 25.5 Å². The van der Waals surface area contributed by atoms with Crippen LogP contribution in [0.1, 0.15) is 36.5 Å². The van der Waals surface area contributed by atoms with Gasteiger partial charge in [-0.1, -0.05) is 11.8 Å². The van der Waals surface area contributed by atoms with Gasteiger partial charge in [0.2, 0.25) is 11.7 Å². The minimum absolute atomic E-state index is 0.187. The lowest BCUT2D eigenvalue weighted by Crippen LogP contribution is -2.42. The van der Waals surface area contributed by atoms with E-state index in [0.29, 0.717) is 25.1 Å². The third-order valence-electron chi connectivity index (χ3n) is 4.77. The Hall–Kier alpha value is -2.75. The highest BCUT2D eigenvalue weighted by Gasteiger charge is 2.36. The van der Waals surface area contributed by atoms with E-state index in [9.17, 15) is 24.3 Å². The molecule has 0 spiro atoms. The first-order chi connectivity index (χ1) is 14.2. The molecule has 1 amide bonds. The van der Waals surface area contributed by atoms with Crippen LogP contribution in [0.2, 0.25) is 0 Å². The second-order valence-electron chi connectivity index (χ2n) is 6.66. The Morgan fingerprint density at radius 1 is 1.13 bits per heavy atom. The number of aliphatic carboxylic acids is 1. The smallest absolute Gasteiger partial charge is 0.326 e. The molecule has 2 rings (SSSR count). The van der Waals surface area contributed by atoms with Gasteiger partial charge >= 0.3 is 5.97 Å². The zero-order valence-corrected chi connectivity index (χ0v) is 18.1. The zero-order valence-electron chi connectivity index (χ0n) is 17.3. The van der Waals surface area contributed by atoms with Crippen molar-refractivity contribution in [1.29, 1.82) is 0 Å². The van der Waals surface area contributed by atoms with Crippen molar-refractivity contribution in [2.75, 3.05) is 27.9 Å². The summed E-state index contributed by atoms with van der Waals surface area (Å²) >= 11 is 0.740. The maximum atomic E-state index is 13.2. The SMILES string of the molecule is COc1cc(C(=O)C(CC(=O)N2CCC[C@H]2C(=O)O)SC(C)=O)cc(OC)c1OC. The number of methoxy groups -OCH3 is 3. The van der Waals surface area contributed by atoms with Gasteiger partial charge in [-0.05, 0) is 25.0 Å². The molecule has 1 saturated heterocycles. The van der Waals surface area contributed by atoms with E-state index in [1.807, 2.05) is 0 Å². The molecule has 1 heterocycles. The van der Waals surface area contributed by atoms with Crippen LogP contribution in [0.25, 0.3) is 0 Å². The molecule has 1 aromatic carbocycles. The molecule has 1 N–H and O–H groups in total. The number of carboxylic acid groups (broad SMARTS) is 1. The molecule has 0 saturated carbocycles. The predicted octanol–water partition coefficient (Wildman–Crippen LogP) is 2.01. The van der Waals surface area contributed by atoms with Crippen LogP contribution in [0.3, 0.4) is 0 Å². The van der Waals surface area contributed by atoms with Gasteiger partial charge in [0.1, 0.15) is 6.04 Å². The number of carbonyl (C=O) groups is 4. The summed E-state index contributed by atoms with van der Waals surface area (Å²) in [6.07, 6.45) is 0.657. The molecule has 0 bridgehead atoms. The van der Waals surface area contributed by atoms with Gasteiger partial charge in [-0.15, -0.1) is 0 Å². The lowest BCUT2D eigenvalue weighted by Gasteiger charge is -2.23. The van der Waals surface area contributed by atoms with Crippen molar-refractivity contribution in [3.63, 3.8) is 0 Å². The van der Waals surface area contributed by atoms with Crippen molar-refractivity contribution in [2.24, 2.45) is 0 Å². The van der Waals surface area contributed by atoms with Crippen LogP contribution in [0.4, 0.5) is 0 Å². The fraction of sp³-hybridized carbons (Fsp3) is 0.500. The summed E-state index contributed by atoms with van der Waals surface area (Å²) in [4.78, 5) is 50.3. The first-order valence-corrected chi connectivity index (χ1v) is 10.1. The highest BCUT2D eigenvalue weighted by Crippen LogP contribution is 2.39. The van der Waals surface area contributed by atoms with E-state index in [1.165, 1.54) is 45.3 Å². The van der Waals surface area contributed by atoms with Crippen molar-refractivity contribution in [2.45, 2.75) is 37.5 Å². The second-order valence-corrected chi connectivity index (χ2v) is 8.04. The number of likely N-dealkylation sites (tertiary alicyclic amines) is 1. The van der Waals surface area contributed by atoms with Crippen LogP contribution in [-0.4, -0.2) is 71.9 Å². The summed E-state index contributed by atoms with van der Waals surface area (Å²) in [6.45, 7) is 1.62. The molecular weight excluding hydrogens is 414 g/mol. The maximum absolute atomic E-state index is 13.2. The molecule has 0 radical (unpaired) electrons. The van der Waals surface area contributed by atoms with Crippen LogP contribution in [-0.2, 0) is 14.4 Å². The van der Waals surface area contributed by atoms with Crippen LogP contribution >= 0.6 is 11.8 Å². The Labute approximate surface area is 178 Å². The standard InChI is InChI=1S/C20H25NO8S/c1-11(22)30-16(10-17(23)21-7-5-6-13(21)20(25)26)18(24)12-8-14(27-2)19(29-4)15(9-12)28-3/h8-9,13,16H,5-7,10H2,1-4H3,(H,25,26)/t13-,16?/m0/s1. The molecule has 0 aliphatic carbocycles. The molecule has 2 atom stereocenters. The lowest BCUT2D eigenvalue weighted by atomic mass is 10.0. The van der Waals surface area contributed by atoms with Crippen LogP contribution in [0.5, 0.6) is 17.2 Å². The Morgan fingerprint density at radius 3 is 2.20 bits per heavy atom. The van der Waals surface area contributed by atoms with Crippen molar-refractivity contribution < 1.29 is 38.5 Å². The number of hydrogen-bond acceptors (Lipinski definition) is 8. The zero-order chi connectivity index (χ0) is 22.4. The molecule has 1 aliphatic rings. The monoisotopic (exact) mass is 439 g/mol. The number of rotatable bonds is 9. The van der Waals surface area contributed by atoms with Crippen LogP contribution in [0, 0.1) is 0 Å². The van der Waals surface area contributed by atoms with Gasteiger partial charge in [-0.25, -0.2) is 4.79 Å². The summed E-state index contributed by atoms with van der Waals surface area (Å²) in [5, 5.41) is 7.97. The van der Waals surface area contributed by atoms with Crippen molar-refractivity contribution in [1.82, 2.24) is 4.90 Å². The van der Waals surface area contributed by atoms with E-state index < -0.39 is 29.0 Å². The minimum Gasteiger partial charge on any atom is -0.493 e. The highest BCUT2D eigenvalue weighted by molar-refractivity contribution is 8.14. The maximum Gasteiger partial charge on any atom is 0.326 e. The molecule has 30 heavy (non-hydrogen) atoms. The van der Waals surface area contributed by atoms with E-state index in [0.717, 1.165) is 11.8 Å². The van der Waals surface area contributed by atoms with E-state index in [1.54, 1.807) is 0 Å². The Morgan fingerprint density at radius 2 is 1.73 bits per heavy atom. The molecule has 1 fully saturated rings. The van der Waals surface area contributed by atoms with E-state index in [4.69, 9.17) is 14.2 Å². The summed E-state index contributed by atoms with van der Waals surface area (Å²) in [5.41, 5.74) is 0.187. The largest absolute Gasteiger partial charge is 0.493 e. The number of benzene rings is 1. The van der Waals surface area contributed by atoms with E-state index in [-0.39, 0.29) is 28.6 Å². The number of carboxylic acids is 1. The van der Waals surface area contributed by atoms with Gasteiger partial charge in [0.05, 0.1) is 26.6 Å². The molecule has 0 aromatic heterocycles. The molecular formula is C20H25NO8S. The van der Waals surface area contributed by atoms with E-state index in [2.05, 4.69) is 0 Å². The van der Waals surface area contributed by atoms with Crippen LogP contribution < -0.4 is 14.2 Å². The van der Waals surface area contributed by atoms with Gasteiger partial charge in [-0.2, -0.15) is 0 Å². The average Bonchev–Trinajstić information content (AvgIpc) is 3.21. The fourth-order valence-corrected chi connectivity index (χ4v) is 4.26. The van der Waals surface area contributed by atoms with Gasteiger partial charge in [-0.3, -0.25) is 14.4 Å².